The molecule has 0 amide bonds. The normalized spacial score (nSPS) is 16.7. The van der Waals surface area contributed by atoms with Crippen molar-refractivity contribution in [2.24, 2.45) is 5.10 Å². The Morgan fingerprint density at radius 3 is 2.44 bits per heavy atom. The van der Waals surface area contributed by atoms with Crippen LogP contribution in [0.4, 0.5) is 13.2 Å². The first-order chi connectivity index (χ1) is 12.0. The van der Waals surface area contributed by atoms with Gasteiger partial charge in [-0.2, -0.15) is 18.3 Å². The third-order valence-corrected chi connectivity index (χ3v) is 4.07. The molecule has 0 radical (unpaired) electrons. The summed E-state index contributed by atoms with van der Waals surface area (Å²) in [6, 6.07) is 6.70. The first-order valence-electron chi connectivity index (χ1n) is 8.05. The number of piperazine rings is 1. The molecular formula is C17H19F3N4O. The maximum atomic E-state index is 12.6. The van der Waals surface area contributed by atoms with Crippen molar-refractivity contribution in [2.45, 2.75) is 19.6 Å². The zero-order valence-corrected chi connectivity index (χ0v) is 13.8. The topological polar surface area (TPSA) is 44.9 Å². The second kappa shape index (κ2) is 7.26. The van der Waals surface area contributed by atoms with Crippen LogP contribution < -0.4 is 0 Å². The highest BCUT2D eigenvalue weighted by Gasteiger charge is 2.30. The first kappa shape index (κ1) is 17.5. The molecule has 0 aliphatic carbocycles. The molecular weight excluding hydrogens is 333 g/mol. The molecule has 1 aromatic heterocycles. The number of hydrazone groups is 1. The van der Waals surface area contributed by atoms with E-state index in [2.05, 4.69) is 15.2 Å². The average molecular weight is 352 g/mol. The van der Waals surface area contributed by atoms with Gasteiger partial charge in [-0.15, -0.1) is 0 Å². The predicted molar refractivity (Wildman–Crippen MR) is 88.0 cm³/mol. The Labute approximate surface area is 143 Å². The number of benzene rings is 1. The van der Waals surface area contributed by atoms with Gasteiger partial charge in [0, 0.05) is 44.0 Å². The van der Waals surface area contributed by atoms with Gasteiger partial charge in [0.05, 0.1) is 12.1 Å². The van der Waals surface area contributed by atoms with Gasteiger partial charge in [0.2, 0.25) is 0 Å². The fourth-order valence-corrected chi connectivity index (χ4v) is 2.75. The van der Waals surface area contributed by atoms with Crippen LogP contribution in [0.1, 0.15) is 18.2 Å². The fourth-order valence-electron chi connectivity index (χ4n) is 2.75. The molecule has 5 nitrogen and oxygen atoms in total. The van der Waals surface area contributed by atoms with E-state index in [1.165, 1.54) is 12.1 Å². The van der Waals surface area contributed by atoms with Gasteiger partial charge in [-0.25, -0.2) is 0 Å². The quantitative estimate of drug-likeness (QED) is 0.791. The van der Waals surface area contributed by atoms with Crippen molar-refractivity contribution in [1.29, 1.82) is 0 Å². The summed E-state index contributed by atoms with van der Waals surface area (Å²) in [7, 11) is 0. The lowest BCUT2D eigenvalue weighted by Crippen LogP contribution is -2.43. The highest BCUT2D eigenvalue weighted by Crippen LogP contribution is 2.30. The van der Waals surface area contributed by atoms with E-state index in [0.717, 1.165) is 38.3 Å². The zero-order valence-electron chi connectivity index (χ0n) is 13.8. The molecule has 2 heterocycles. The number of alkyl halides is 3. The molecule has 8 heteroatoms. The van der Waals surface area contributed by atoms with Gasteiger partial charge in [-0.05, 0) is 19.1 Å². The lowest BCUT2D eigenvalue weighted by molar-refractivity contribution is -0.137. The van der Waals surface area contributed by atoms with Crippen molar-refractivity contribution in [1.82, 2.24) is 15.1 Å². The maximum absolute atomic E-state index is 12.6. The minimum atomic E-state index is -4.34. The summed E-state index contributed by atoms with van der Waals surface area (Å²) in [6.07, 6.45) is -2.56. The summed E-state index contributed by atoms with van der Waals surface area (Å²) in [6.45, 7) is 5.96. The minimum absolute atomic E-state index is 0.540. The maximum Gasteiger partial charge on any atom is 0.416 e. The van der Waals surface area contributed by atoms with Crippen LogP contribution in [0.15, 0.2) is 40.0 Å². The van der Waals surface area contributed by atoms with E-state index in [1.807, 2.05) is 11.9 Å². The lowest BCUT2D eigenvalue weighted by atomic mass is 10.1. The molecule has 1 aliphatic rings. The Kier molecular flexibility index (Phi) is 5.08. The van der Waals surface area contributed by atoms with Crippen LogP contribution in [0.25, 0.3) is 11.3 Å². The molecule has 0 atom stereocenters. The molecule has 1 saturated heterocycles. The van der Waals surface area contributed by atoms with Gasteiger partial charge in [-0.1, -0.05) is 17.3 Å². The molecule has 25 heavy (non-hydrogen) atoms. The summed E-state index contributed by atoms with van der Waals surface area (Å²) >= 11 is 0. The second-order valence-electron chi connectivity index (χ2n) is 5.86. The van der Waals surface area contributed by atoms with E-state index in [9.17, 15) is 13.2 Å². The smallest absolute Gasteiger partial charge is 0.359 e. The largest absolute Gasteiger partial charge is 0.416 e. The second-order valence-corrected chi connectivity index (χ2v) is 5.86. The van der Waals surface area contributed by atoms with E-state index >= 15 is 0 Å². The summed E-state index contributed by atoms with van der Waals surface area (Å²) in [5.74, 6) is 0.697. The summed E-state index contributed by atoms with van der Waals surface area (Å²) in [5.41, 5.74) is 0.468. The van der Waals surface area contributed by atoms with E-state index in [-0.39, 0.29) is 0 Å². The van der Waals surface area contributed by atoms with Crippen LogP contribution in [-0.4, -0.2) is 47.5 Å². The Bertz CT molecular complexity index is 716. The van der Waals surface area contributed by atoms with Crippen LogP contribution >= 0.6 is 0 Å². The molecule has 134 valence electrons. The van der Waals surface area contributed by atoms with Gasteiger partial charge in [0.15, 0.2) is 5.76 Å². The molecule has 2 aromatic rings. The van der Waals surface area contributed by atoms with Crippen molar-refractivity contribution >= 4 is 6.21 Å². The lowest BCUT2D eigenvalue weighted by Gasteiger charge is -2.32. The zero-order chi connectivity index (χ0) is 17.9. The fraction of sp³-hybridized carbons (Fsp3) is 0.412. The molecule has 1 aromatic carbocycles. The number of hydrogen-bond acceptors (Lipinski definition) is 5. The van der Waals surface area contributed by atoms with Gasteiger partial charge in [0.1, 0.15) is 5.69 Å². The Balaban J connectivity index is 1.61. The van der Waals surface area contributed by atoms with Gasteiger partial charge >= 0.3 is 6.18 Å². The van der Waals surface area contributed by atoms with Crippen molar-refractivity contribution in [3.63, 3.8) is 0 Å². The Hall–Kier alpha value is -2.35. The van der Waals surface area contributed by atoms with Crippen LogP contribution in [0.5, 0.6) is 0 Å². The minimum Gasteiger partial charge on any atom is -0.359 e. The number of aromatic nitrogens is 1. The number of hydrogen-bond donors (Lipinski definition) is 0. The van der Waals surface area contributed by atoms with Crippen molar-refractivity contribution in [2.75, 3.05) is 26.2 Å². The van der Waals surface area contributed by atoms with E-state index in [0.29, 0.717) is 23.6 Å². The molecule has 0 unspecified atom stereocenters. The first-order valence-corrected chi connectivity index (χ1v) is 8.05. The molecule has 1 fully saturated rings. The Morgan fingerprint density at radius 2 is 1.84 bits per heavy atom. The van der Waals surface area contributed by atoms with Gasteiger partial charge in [-0.3, -0.25) is 9.91 Å². The Morgan fingerprint density at radius 1 is 1.16 bits per heavy atom. The van der Waals surface area contributed by atoms with Crippen LogP contribution in [0, 0.1) is 0 Å². The summed E-state index contributed by atoms with van der Waals surface area (Å²) < 4.78 is 43.2. The SMILES string of the molecule is C/C=N\N1CCN(Cc2cc(-c3ccc(C(F)(F)F)cc3)no2)CC1. The average Bonchev–Trinajstić information content (AvgIpc) is 3.05. The van der Waals surface area contributed by atoms with E-state index in [1.54, 1.807) is 12.3 Å². The molecule has 0 N–H and O–H groups in total. The van der Waals surface area contributed by atoms with Crippen LogP contribution in [0.3, 0.4) is 0 Å². The van der Waals surface area contributed by atoms with Crippen molar-refractivity contribution in [3.05, 3.63) is 41.7 Å². The molecule has 0 saturated carbocycles. The summed E-state index contributed by atoms with van der Waals surface area (Å²) in [5, 5.41) is 10.2. The highest BCUT2D eigenvalue weighted by molar-refractivity contribution is 5.59. The van der Waals surface area contributed by atoms with Gasteiger partial charge < -0.3 is 4.52 Å². The number of rotatable bonds is 4. The highest BCUT2D eigenvalue weighted by atomic mass is 19.4. The standard InChI is InChI=1S/C17H19F3N4O/c1-2-21-24-9-7-23(8-10-24)12-15-11-16(22-25-15)13-3-5-14(6-4-13)17(18,19)20/h2-6,11H,7-10,12H2,1H3/b21-2-. The van der Waals surface area contributed by atoms with Gasteiger partial charge in [0.25, 0.3) is 0 Å². The molecule has 0 bridgehead atoms. The summed E-state index contributed by atoms with van der Waals surface area (Å²) in [4.78, 5) is 2.23. The van der Waals surface area contributed by atoms with Crippen molar-refractivity contribution in [3.8, 4) is 11.3 Å². The molecule has 3 rings (SSSR count). The third kappa shape index (κ3) is 4.39. The molecule has 0 spiro atoms. The third-order valence-electron chi connectivity index (χ3n) is 4.07. The van der Waals surface area contributed by atoms with E-state index in [4.69, 9.17) is 4.52 Å². The van der Waals surface area contributed by atoms with E-state index < -0.39 is 11.7 Å². The van der Waals surface area contributed by atoms with Crippen LogP contribution in [-0.2, 0) is 12.7 Å². The predicted octanol–water partition coefficient (Wildman–Crippen LogP) is 3.48. The van der Waals surface area contributed by atoms with Crippen LogP contribution in [0.2, 0.25) is 0 Å². The van der Waals surface area contributed by atoms with Crippen molar-refractivity contribution < 1.29 is 17.7 Å². The monoisotopic (exact) mass is 352 g/mol. The number of nitrogens with zero attached hydrogens (tertiary/aromatic N) is 4. The molecule has 1 aliphatic heterocycles. The number of halogens is 3.